The maximum Gasteiger partial charge on any atom is 0.336 e. The number of carboxylic acids is 1. The van der Waals surface area contributed by atoms with Gasteiger partial charge in [0.25, 0.3) is 0 Å². The van der Waals surface area contributed by atoms with E-state index in [1.807, 2.05) is 24.3 Å². The van der Waals surface area contributed by atoms with Crippen LogP contribution in [-0.2, 0) is 0 Å². The zero-order valence-corrected chi connectivity index (χ0v) is 8.32. The second-order valence-electron chi connectivity index (χ2n) is 3.39. The van der Waals surface area contributed by atoms with Crippen molar-refractivity contribution in [3.8, 4) is 11.3 Å². The Kier molecular flexibility index (Phi) is 2.29. The molecule has 3 heteroatoms. The van der Waals surface area contributed by atoms with Crippen molar-refractivity contribution in [3.05, 3.63) is 47.7 Å². The van der Waals surface area contributed by atoms with Crippen molar-refractivity contribution in [3.63, 3.8) is 0 Å². The summed E-state index contributed by atoms with van der Waals surface area (Å²) >= 11 is 0. The van der Waals surface area contributed by atoms with Gasteiger partial charge < -0.3 is 10.1 Å². The molecule has 0 unspecified atom stereocenters. The van der Waals surface area contributed by atoms with Crippen LogP contribution in [0.2, 0.25) is 0 Å². The topological polar surface area (TPSA) is 53.1 Å². The molecule has 2 N–H and O–H groups in total. The first-order valence-electron chi connectivity index (χ1n) is 4.67. The minimum atomic E-state index is -0.891. The summed E-state index contributed by atoms with van der Waals surface area (Å²) in [5, 5.41) is 9.13. The van der Waals surface area contributed by atoms with Crippen molar-refractivity contribution in [2.75, 3.05) is 0 Å². The van der Waals surface area contributed by atoms with E-state index in [-0.39, 0.29) is 0 Å². The molecule has 0 aliphatic rings. The number of carboxylic acid groups (broad SMARTS) is 1. The molecule has 0 amide bonds. The maximum absolute atomic E-state index is 11.1. The minimum Gasteiger partial charge on any atom is -0.478 e. The number of aromatic amines is 1. The lowest BCUT2D eigenvalue weighted by atomic mass is 10.00. The van der Waals surface area contributed by atoms with E-state index < -0.39 is 5.97 Å². The van der Waals surface area contributed by atoms with E-state index in [2.05, 4.69) is 4.98 Å². The van der Waals surface area contributed by atoms with Gasteiger partial charge in [0, 0.05) is 17.5 Å². The summed E-state index contributed by atoms with van der Waals surface area (Å²) in [6, 6.07) is 9.18. The molecule has 0 fully saturated rings. The van der Waals surface area contributed by atoms with Crippen LogP contribution < -0.4 is 0 Å². The number of aryl methyl sites for hydroxylation is 1. The predicted molar refractivity (Wildman–Crippen MR) is 57.9 cm³/mol. The normalized spacial score (nSPS) is 10.2. The molecule has 0 bridgehead atoms. The van der Waals surface area contributed by atoms with Crippen LogP contribution >= 0.6 is 0 Å². The summed E-state index contributed by atoms with van der Waals surface area (Å²) < 4.78 is 0. The number of rotatable bonds is 2. The van der Waals surface area contributed by atoms with Crippen molar-refractivity contribution in [2.45, 2.75) is 6.92 Å². The van der Waals surface area contributed by atoms with Gasteiger partial charge in [-0.2, -0.15) is 0 Å². The predicted octanol–water partition coefficient (Wildman–Crippen LogP) is 2.69. The standard InChI is InChI=1S/C12H11NO2/c1-8-4-2-5-9(11(8)12(14)15)10-6-3-7-13-10/h2-7,13H,1H3,(H,14,15). The van der Waals surface area contributed by atoms with E-state index in [4.69, 9.17) is 5.11 Å². The van der Waals surface area contributed by atoms with Gasteiger partial charge in [-0.1, -0.05) is 18.2 Å². The van der Waals surface area contributed by atoms with E-state index in [0.29, 0.717) is 5.56 Å². The molecule has 0 aliphatic heterocycles. The average molecular weight is 201 g/mol. The molecule has 3 nitrogen and oxygen atoms in total. The number of H-pyrrole nitrogens is 1. The third-order valence-electron chi connectivity index (χ3n) is 2.37. The van der Waals surface area contributed by atoms with Crippen LogP contribution in [0.15, 0.2) is 36.5 Å². The first kappa shape index (κ1) is 9.52. The summed E-state index contributed by atoms with van der Waals surface area (Å²) in [5.74, 6) is -0.891. The molecule has 0 saturated heterocycles. The van der Waals surface area contributed by atoms with Gasteiger partial charge in [-0.25, -0.2) is 4.79 Å². The van der Waals surface area contributed by atoms with Gasteiger partial charge in [0.05, 0.1) is 5.56 Å². The highest BCUT2D eigenvalue weighted by Gasteiger charge is 2.14. The van der Waals surface area contributed by atoms with E-state index in [0.717, 1.165) is 16.8 Å². The fourth-order valence-corrected chi connectivity index (χ4v) is 1.67. The summed E-state index contributed by atoms with van der Waals surface area (Å²) in [4.78, 5) is 14.1. The SMILES string of the molecule is Cc1cccc(-c2ccc[nH]2)c1C(=O)O. The van der Waals surface area contributed by atoms with Crippen LogP contribution in [0, 0.1) is 6.92 Å². The lowest BCUT2D eigenvalue weighted by Gasteiger charge is -2.06. The van der Waals surface area contributed by atoms with E-state index in [1.165, 1.54) is 0 Å². The van der Waals surface area contributed by atoms with Gasteiger partial charge in [0.15, 0.2) is 0 Å². The monoisotopic (exact) mass is 201 g/mol. The molecule has 0 radical (unpaired) electrons. The van der Waals surface area contributed by atoms with E-state index >= 15 is 0 Å². The van der Waals surface area contributed by atoms with Crippen molar-refractivity contribution in [1.29, 1.82) is 0 Å². The first-order valence-corrected chi connectivity index (χ1v) is 4.67. The zero-order valence-electron chi connectivity index (χ0n) is 8.32. The second kappa shape index (κ2) is 3.61. The summed E-state index contributed by atoms with van der Waals surface area (Å²) in [6.45, 7) is 1.80. The molecular formula is C12H11NO2. The van der Waals surface area contributed by atoms with Crippen molar-refractivity contribution < 1.29 is 9.90 Å². The van der Waals surface area contributed by atoms with E-state index in [9.17, 15) is 4.79 Å². The van der Waals surface area contributed by atoms with Crippen LogP contribution in [0.3, 0.4) is 0 Å². The number of benzene rings is 1. The lowest BCUT2D eigenvalue weighted by molar-refractivity contribution is 0.0697. The molecule has 2 rings (SSSR count). The minimum absolute atomic E-state index is 0.361. The average Bonchev–Trinajstić information content (AvgIpc) is 2.69. The third kappa shape index (κ3) is 1.64. The molecule has 1 aromatic heterocycles. The second-order valence-corrected chi connectivity index (χ2v) is 3.39. The molecule has 15 heavy (non-hydrogen) atoms. The van der Waals surface area contributed by atoms with Crippen LogP contribution in [0.1, 0.15) is 15.9 Å². The van der Waals surface area contributed by atoms with Crippen molar-refractivity contribution >= 4 is 5.97 Å². The van der Waals surface area contributed by atoms with Gasteiger partial charge in [-0.05, 0) is 24.6 Å². The van der Waals surface area contributed by atoms with Gasteiger partial charge in [0.2, 0.25) is 0 Å². The molecular weight excluding hydrogens is 190 g/mol. The first-order chi connectivity index (χ1) is 7.20. The largest absolute Gasteiger partial charge is 0.478 e. The fraction of sp³-hybridized carbons (Fsp3) is 0.0833. The molecule has 0 spiro atoms. The Bertz CT molecular complexity index is 486. The van der Waals surface area contributed by atoms with Gasteiger partial charge in [-0.15, -0.1) is 0 Å². The lowest BCUT2D eigenvalue weighted by Crippen LogP contribution is -2.02. The molecule has 0 atom stereocenters. The molecule has 0 saturated carbocycles. The van der Waals surface area contributed by atoms with Gasteiger partial charge in [-0.3, -0.25) is 0 Å². The van der Waals surface area contributed by atoms with Crippen LogP contribution in [0.25, 0.3) is 11.3 Å². The Hall–Kier alpha value is -2.03. The fourth-order valence-electron chi connectivity index (χ4n) is 1.67. The number of carbonyl (C=O) groups is 1. The molecule has 1 heterocycles. The highest BCUT2D eigenvalue weighted by molar-refractivity contribution is 5.97. The quantitative estimate of drug-likeness (QED) is 0.784. The Labute approximate surface area is 87.4 Å². The molecule has 1 aromatic carbocycles. The number of hydrogen-bond acceptors (Lipinski definition) is 1. The maximum atomic E-state index is 11.1. The Balaban J connectivity index is 2.66. The molecule has 2 aromatic rings. The van der Waals surface area contributed by atoms with Crippen LogP contribution in [-0.4, -0.2) is 16.1 Å². The van der Waals surface area contributed by atoms with Gasteiger partial charge >= 0.3 is 5.97 Å². The Morgan fingerprint density at radius 2 is 2.07 bits per heavy atom. The van der Waals surface area contributed by atoms with Crippen LogP contribution in [0.4, 0.5) is 0 Å². The third-order valence-corrected chi connectivity index (χ3v) is 2.37. The van der Waals surface area contributed by atoms with Gasteiger partial charge in [0.1, 0.15) is 0 Å². The van der Waals surface area contributed by atoms with Crippen molar-refractivity contribution in [2.24, 2.45) is 0 Å². The number of hydrogen-bond donors (Lipinski definition) is 2. The summed E-state index contributed by atoms with van der Waals surface area (Å²) in [5.41, 5.74) is 2.69. The summed E-state index contributed by atoms with van der Waals surface area (Å²) in [7, 11) is 0. The Morgan fingerprint density at radius 1 is 1.27 bits per heavy atom. The highest BCUT2D eigenvalue weighted by atomic mass is 16.4. The number of nitrogens with one attached hydrogen (secondary N) is 1. The molecule has 76 valence electrons. The Morgan fingerprint density at radius 3 is 2.67 bits per heavy atom. The zero-order chi connectivity index (χ0) is 10.8. The van der Waals surface area contributed by atoms with Crippen molar-refractivity contribution in [1.82, 2.24) is 4.98 Å². The summed E-state index contributed by atoms with van der Waals surface area (Å²) in [6.07, 6.45) is 1.78. The number of aromatic nitrogens is 1. The highest BCUT2D eigenvalue weighted by Crippen LogP contribution is 2.24. The van der Waals surface area contributed by atoms with Crippen LogP contribution in [0.5, 0.6) is 0 Å². The molecule has 0 aliphatic carbocycles. The smallest absolute Gasteiger partial charge is 0.336 e. The number of aromatic carboxylic acids is 1. The van der Waals surface area contributed by atoms with E-state index in [1.54, 1.807) is 19.2 Å².